The summed E-state index contributed by atoms with van der Waals surface area (Å²) in [6.07, 6.45) is 45.2. The molecule has 0 heterocycles. The first-order valence-corrected chi connectivity index (χ1v) is 23.9. The van der Waals surface area contributed by atoms with Crippen LogP contribution in [0.4, 0.5) is 0 Å². The molecule has 318 valence electrons. The summed E-state index contributed by atoms with van der Waals surface area (Å²) in [5, 5.41) is 13.8. The molecule has 0 bridgehead atoms. The van der Waals surface area contributed by atoms with Gasteiger partial charge in [-0.25, -0.2) is 4.57 Å². The number of phosphoric ester groups is 1. The van der Waals surface area contributed by atoms with E-state index < -0.39 is 20.0 Å². The zero-order valence-electron chi connectivity index (χ0n) is 36.0. The highest BCUT2D eigenvalue weighted by Gasteiger charge is 2.27. The van der Waals surface area contributed by atoms with E-state index in [2.05, 4.69) is 43.5 Å². The molecule has 3 atom stereocenters. The maximum absolute atomic E-state index is 12.8. The molecule has 0 aromatic carbocycles. The number of amides is 1. The Labute approximate surface area is 334 Å². The third kappa shape index (κ3) is 39.0. The third-order valence-corrected chi connectivity index (χ3v) is 10.8. The Balaban J connectivity index is 4.37. The Bertz CT molecular complexity index is 980. The van der Waals surface area contributed by atoms with Gasteiger partial charge in [0.25, 0.3) is 0 Å². The minimum absolute atomic E-state index is 0.0539. The van der Waals surface area contributed by atoms with Gasteiger partial charge in [-0.15, -0.1) is 0 Å². The van der Waals surface area contributed by atoms with Crippen molar-refractivity contribution in [3.05, 3.63) is 36.5 Å². The number of aliphatic hydroxyl groups is 1. The molecule has 0 saturated carbocycles. The summed E-state index contributed by atoms with van der Waals surface area (Å²) >= 11 is 0. The Morgan fingerprint density at radius 3 is 1.54 bits per heavy atom. The molecule has 0 aliphatic heterocycles. The van der Waals surface area contributed by atoms with Gasteiger partial charge in [0.1, 0.15) is 13.2 Å². The Kier molecular flexibility index (Phi) is 36.4. The number of rotatable bonds is 40. The highest BCUT2D eigenvalue weighted by atomic mass is 31.2. The molecular weight excluding hydrogens is 695 g/mol. The van der Waals surface area contributed by atoms with Crippen molar-refractivity contribution >= 4 is 13.7 Å². The molecule has 0 rings (SSSR count). The molecule has 0 spiro atoms. The molecule has 8 nitrogen and oxygen atoms in total. The van der Waals surface area contributed by atoms with Gasteiger partial charge >= 0.3 is 7.82 Å². The normalized spacial score (nSPS) is 14.7. The molecule has 3 N–H and O–H groups in total. The maximum atomic E-state index is 12.8. The first kappa shape index (κ1) is 52.7. The molecule has 0 aromatic heterocycles. The van der Waals surface area contributed by atoms with E-state index in [1.165, 1.54) is 116 Å². The maximum Gasteiger partial charge on any atom is 0.472 e. The van der Waals surface area contributed by atoms with Gasteiger partial charge in [-0.3, -0.25) is 13.8 Å². The lowest BCUT2D eigenvalue weighted by Crippen LogP contribution is -2.45. The second-order valence-corrected chi connectivity index (χ2v) is 17.9. The molecule has 0 fully saturated rings. The standard InChI is InChI=1S/C45H87N2O6P/c1-6-8-10-12-14-16-18-19-20-21-22-23-24-25-26-27-28-29-30-32-34-36-38-44(48)43(42-53-54(50,51)52-41-40-47(3,4)5)46-45(49)39-37-35-33-31-17-15-13-11-9-7-2/h13,15,29-30,36,38,43-44,48H,6-12,14,16-28,31-35,37,39-42H2,1-5H3,(H-,46,49,50,51)/p+1/b15-13-,30-29+,38-36+. The monoisotopic (exact) mass is 784 g/mol. The minimum Gasteiger partial charge on any atom is -0.387 e. The van der Waals surface area contributed by atoms with E-state index in [1.807, 2.05) is 27.2 Å². The molecule has 0 saturated heterocycles. The van der Waals surface area contributed by atoms with Gasteiger partial charge in [0, 0.05) is 6.42 Å². The highest BCUT2D eigenvalue weighted by molar-refractivity contribution is 7.47. The number of nitrogens with one attached hydrogen (secondary N) is 1. The molecular formula is C45H88N2O6P+. The zero-order chi connectivity index (χ0) is 40.0. The molecule has 0 radical (unpaired) electrons. The van der Waals surface area contributed by atoms with Crippen molar-refractivity contribution < 1.29 is 32.9 Å². The van der Waals surface area contributed by atoms with Crippen LogP contribution in [0.3, 0.4) is 0 Å². The Hall–Kier alpha value is -1.28. The largest absolute Gasteiger partial charge is 0.472 e. The fourth-order valence-corrected chi connectivity index (χ4v) is 6.95. The predicted octanol–water partition coefficient (Wildman–Crippen LogP) is 12.3. The smallest absolute Gasteiger partial charge is 0.387 e. The van der Waals surface area contributed by atoms with E-state index in [-0.39, 0.29) is 19.1 Å². The summed E-state index contributed by atoms with van der Waals surface area (Å²) in [7, 11) is 1.54. The van der Waals surface area contributed by atoms with Crippen LogP contribution in [0.15, 0.2) is 36.5 Å². The number of hydrogen-bond donors (Lipinski definition) is 3. The van der Waals surface area contributed by atoms with Crippen LogP contribution in [-0.2, 0) is 18.4 Å². The Morgan fingerprint density at radius 2 is 1.04 bits per heavy atom. The zero-order valence-corrected chi connectivity index (χ0v) is 36.9. The van der Waals surface area contributed by atoms with Gasteiger partial charge in [-0.05, 0) is 51.4 Å². The van der Waals surface area contributed by atoms with Crippen LogP contribution in [0.25, 0.3) is 0 Å². The van der Waals surface area contributed by atoms with E-state index in [9.17, 15) is 19.4 Å². The first-order valence-electron chi connectivity index (χ1n) is 22.4. The molecule has 1 amide bonds. The number of hydrogen-bond acceptors (Lipinski definition) is 5. The van der Waals surface area contributed by atoms with E-state index >= 15 is 0 Å². The number of aliphatic hydroxyl groups excluding tert-OH is 1. The van der Waals surface area contributed by atoms with Crippen LogP contribution in [0.5, 0.6) is 0 Å². The summed E-state index contributed by atoms with van der Waals surface area (Å²) in [4.78, 5) is 23.0. The number of nitrogens with zero attached hydrogens (tertiary/aromatic N) is 1. The van der Waals surface area contributed by atoms with Crippen molar-refractivity contribution in [1.29, 1.82) is 0 Å². The van der Waals surface area contributed by atoms with Crippen LogP contribution >= 0.6 is 7.82 Å². The van der Waals surface area contributed by atoms with Crippen LogP contribution in [-0.4, -0.2) is 73.4 Å². The fraction of sp³-hybridized carbons (Fsp3) is 0.844. The number of unbranched alkanes of at least 4 members (excludes halogenated alkanes) is 23. The van der Waals surface area contributed by atoms with Gasteiger partial charge in [-0.1, -0.05) is 172 Å². The quantitative estimate of drug-likeness (QED) is 0.0247. The van der Waals surface area contributed by atoms with Crippen molar-refractivity contribution in [2.75, 3.05) is 40.9 Å². The van der Waals surface area contributed by atoms with Gasteiger partial charge < -0.3 is 19.8 Å². The van der Waals surface area contributed by atoms with Gasteiger partial charge in [0.2, 0.25) is 5.91 Å². The molecule has 0 aliphatic rings. The van der Waals surface area contributed by atoms with Crippen molar-refractivity contribution in [2.24, 2.45) is 0 Å². The third-order valence-electron chi connectivity index (χ3n) is 9.83. The second-order valence-electron chi connectivity index (χ2n) is 16.4. The van der Waals surface area contributed by atoms with E-state index in [0.29, 0.717) is 17.4 Å². The molecule has 9 heteroatoms. The lowest BCUT2D eigenvalue weighted by molar-refractivity contribution is -0.870. The number of allylic oxidation sites excluding steroid dienone is 5. The van der Waals surface area contributed by atoms with E-state index in [0.717, 1.165) is 57.8 Å². The summed E-state index contributed by atoms with van der Waals surface area (Å²) in [5.41, 5.74) is 0. The minimum atomic E-state index is -4.34. The average molecular weight is 784 g/mol. The molecule has 3 unspecified atom stereocenters. The van der Waals surface area contributed by atoms with E-state index in [4.69, 9.17) is 9.05 Å². The molecule has 54 heavy (non-hydrogen) atoms. The van der Waals surface area contributed by atoms with Crippen molar-refractivity contribution in [1.82, 2.24) is 5.32 Å². The van der Waals surface area contributed by atoms with Crippen LogP contribution in [0, 0.1) is 0 Å². The van der Waals surface area contributed by atoms with Crippen LogP contribution in [0.2, 0.25) is 0 Å². The second kappa shape index (κ2) is 37.3. The fourth-order valence-electron chi connectivity index (χ4n) is 6.21. The van der Waals surface area contributed by atoms with Gasteiger partial charge in [0.15, 0.2) is 0 Å². The van der Waals surface area contributed by atoms with E-state index in [1.54, 1.807) is 6.08 Å². The highest BCUT2D eigenvalue weighted by Crippen LogP contribution is 2.43. The number of phosphoric acid groups is 1. The Morgan fingerprint density at radius 1 is 0.611 bits per heavy atom. The average Bonchev–Trinajstić information content (AvgIpc) is 3.12. The first-order chi connectivity index (χ1) is 26.0. The number of likely N-dealkylation sites (N-methyl/N-ethyl adjacent to an activating group) is 1. The number of carbonyl (C=O) groups excluding carboxylic acids is 1. The topological polar surface area (TPSA) is 105 Å². The molecule has 0 aromatic rings. The summed E-state index contributed by atoms with van der Waals surface area (Å²) in [6, 6.07) is -0.866. The summed E-state index contributed by atoms with van der Waals surface area (Å²) in [6.45, 7) is 4.73. The lowest BCUT2D eigenvalue weighted by Gasteiger charge is -2.25. The predicted molar refractivity (Wildman–Crippen MR) is 231 cm³/mol. The number of quaternary nitrogens is 1. The van der Waals surface area contributed by atoms with Gasteiger partial charge in [-0.2, -0.15) is 0 Å². The van der Waals surface area contributed by atoms with Crippen molar-refractivity contribution in [2.45, 2.75) is 206 Å². The van der Waals surface area contributed by atoms with Crippen LogP contribution < -0.4 is 5.32 Å². The summed E-state index contributed by atoms with van der Waals surface area (Å²) in [5.74, 6) is -0.203. The summed E-state index contributed by atoms with van der Waals surface area (Å²) < 4.78 is 23.5. The SMILES string of the molecule is CCCC/C=C\CCCCCCC(=O)NC(COP(=O)(O)OCC[N+](C)(C)C)C(O)/C=C/CC/C=C/CCCCCCCCCCCCCCCCCC. The van der Waals surface area contributed by atoms with Gasteiger partial charge in [0.05, 0.1) is 39.9 Å². The van der Waals surface area contributed by atoms with Crippen LogP contribution in [0.1, 0.15) is 194 Å². The van der Waals surface area contributed by atoms with Crippen molar-refractivity contribution in [3.63, 3.8) is 0 Å². The van der Waals surface area contributed by atoms with Crippen molar-refractivity contribution in [3.8, 4) is 0 Å². The number of carbonyl (C=O) groups is 1. The molecule has 0 aliphatic carbocycles. The lowest BCUT2D eigenvalue weighted by atomic mass is 10.0.